The average molecular weight is 279 g/mol. The second-order valence-electron chi connectivity index (χ2n) is 3.89. The fourth-order valence-electron chi connectivity index (χ4n) is 1.45. The highest BCUT2D eigenvalue weighted by Crippen LogP contribution is 1.97. The normalized spacial score (nSPS) is 10.2. The lowest BCUT2D eigenvalue weighted by molar-refractivity contribution is 0.0691. The lowest BCUT2D eigenvalue weighted by Crippen LogP contribution is -2.32. The van der Waals surface area contributed by atoms with E-state index >= 15 is 0 Å². The van der Waals surface area contributed by atoms with Crippen molar-refractivity contribution in [2.75, 3.05) is 11.9 Å². The molecule has 0 bridgehead atoms. The third kappa shape index (κ3) is 3.31. The van der Waals surface area contributed by atoms with Crippen LogP contribution in [0.2, 0.25) is 0 Å². The summed E-state index contributed by atoms with van der Waals surface area (Å²) in [5.41, 5.74) is -0.0338. The molecule has 3 N–H and O–H groups in total. The number of amides is 2. The van der Waals surface area contributed by atoms with Crippen LogP contribution < -0.4 is 10.6 Å². The number of carboxylic acids is 1. The van der Waals surface area contributed by atoms with Crippen LogP contribution in [-0.2, 0) is 13.6 Å². The number of nitrogens with zero attached hydrogens (tertiary/aromatic N) is 5. The van der Waals surface area contributed by atoms with E-state index < -0.39 is 12.0 Å². The topological polar surface area (TPSA) is 127 Å². The van der Waals surface area contributed by atoms with Gasteiger partial charge >= 0.3 is 12.0 Å². The molecule has 0 aromatic carbocycles. The maximum Gasteiger partial charge on any atom is 0.356 e. The Morgan fingerprint density at radius 2 is 2.20 bits per heavy atom. The van der Waals surface area contributed by atoms with E-state index in [-0.39, 0.29) is 5.69 Å². The summed E-state index contributed by atoms with van der Waals surface area (Å²) >= 11 is 0. The third-order valence-electron chi connectivity index (χ3n) is 2.44. The molecular weight excluding hydrogens is 266 g/mol. The highest BCUT2D eigenvalue weighted by molar-refractivity contribution is 5.87. The number of aromatic nitrogens is 5. The molecule has 2 amide bonds. The van der Waals surface area contributed by atoms with E-state index in [1.165, 1.54) is 23.5 Å². The summed E-state index contributed by atoms with van der Waals surface area (Å²) in [6.45, 7) is 0.728. The Bertz CT molecular complexity index is 618. The molecule has 10 nitrogen and oxygen atoms in total. The monoisotopic (exact) mass is 279 g/mol. The molecule has 20 heavy (non-hydrogen) atoms. The molecule has 0 spiro atoms. The number of rotatable bonds is 5. The second-order valence-corrected chi connectivity index (χ2v) is 3.89. The molecule has 106 valence electrons. The summed E-state index contributed by atoms with van der Waals surface area (Å²) in [4.78, 5) is 29.7. The number of hydrogen-bond donors (Lipinski definition) is 3. The molecule has 2 aromatic rings. The molecule has 0 radical (unpaired) electrons. The average Bonchev–Trinajstić information content (AvgIpc) is 3.00. The minimum absolute atomic E-state index is 0.0338. The van der Waals surface area contributed by atoms with Gasteiger partial charge in [0.05, 0.1) is 6.33 Å². The molecule has 2 aromatic heterocycles. The molecule has 0 saturated heterocycles. The van der Waals surface area contributed by atoms with Crippen LogP contribution in [0.25, 0.3) is 0 Å². The number of nitrogens with one attached hydrogen (secondary N) is 2. The second kappa shape index (κ2) is 5.82. The Kier molecular flexibility index (Phi) is 3.93. The minimum atomic E-state index is -1.09. The van der Waals surface area contributed by atoms with E-state index in [1.807, 2.05) is 0 Å². The van der Waals surface area contributed by atoms with Gasteiger partial charge in [-0.15, -0.1) is 0 Å². The zero-order valence-corrected chi connectivity index (χ0v) is 10.6. The van der Waals surface area contributed by atoms with Crippen molar-refractivity contribution in [1.29, 1.82) is 0 Å². The zero-order chi connectivity index (χ0) is 14.5. The Morgan fingerprint density at radius 1 is 1.40 bits per heavy atom. The van der Waals surface area contributed by atoms with E-state index in [1.54, 1.807) is 11.6 Å². The van der Waals surface area contributed by atoms with E-state index in [4.69, 9.17) is 5.11 Å². The SMILES string of the molecule is Cn1ncnc1NC(=O)NCCn1cnc(C(=O)O)c1. The Labute approximate surface area is 113 Å². The number of aryl methyl sites for hydroxylation is 1. The smallest absolute Gasteiger partial charge is 0.356 e. The van der Waals surface area contributed by atoms with E-state index in [0.29, 0.717) is 19.0 Å². The van der Waals surface area contributed by atoms with Gasteiger partial charge in [0.15, 0.2) is 5.69 Å². The molecule has 0 aliphatic rings. The van der Waals surface area contributed by atoms with Crippen LogP contribution in [0, 0.1) is 0 Å². The standard InChI is InChI=1S/C10H13N7O3/c1-16-9(12-5-14-16)15-10(20)11-2-3-17-4-7(8(18)19)13-6-17/h4-6H,2-3H2,1H3,(H,18,19)(H2,11,12,14,15,20). The van der Waals surface area contributed by atoms with Gasteiger partial charge in [-0.25, -0.2) is 19.3 Å². The van der Waals surface area contributed by atoms with Crippen molar-refractivity contribution in [3.05, 3.63) is 24.5 Å². The first-order valence-electron chi connectivity index (χ1n) is 5.70. The van der Waals surface area contributed by atoms with Crippen LogP contribution in [0.5, 0.6) is 0 Å². The van der Waals surface area contributed by atoms with Gasteiger partial charge in [0.2, 0.25) is 5.95 Å². The minimum Gasteiger partial charge on any atom is -0.476 e. The molecule has 2 heterocycles. The largest absolute Gasteiger partial charge is 0.476 e. The summed E-state index contributed by atoms with van der Waals surface area (Å²) in [5.74, 6) is -0.755. The lowest BCUT2D eigenvalue weighted by atomic mass is 10.5. The van der Waals surface area contributed by atoms with E-state index in [0.717, 1.165) is 0 Å². The van der Waals surface area contributed by atoms with Crippen molar-refractivity contribution in [2.24, 2.45) is 7.05 Å². The first kappa shape index (κ1) is 13.5. The third-order valence-corrected chi connectivity index (χ3v) is 2.44. The summed E-state index contributed by atoms with van der Waals surface area (Å²) < 4.78 is 3.00. The number of carboxylic acid groups (broad SMARTS) is 1. The molecule has 0 atom stereocenters. The van der Waals surface area contributed by atoms with Crippen LogP contribution in [0.3, 0.4) is 0 Å². The fourth-order valence-corrected chi connectivity index (χ4v) is 1.45. The van der Waals surface area contributed by atoms with Crippen LogP contribution in [0.4, 0.5) is 10.7 Å². The van der Waals surface area contributed by atoms with Gasteiger partial charge in [0.1, 0.15) is 6.33 Å². The number of hydrogen-bond acceptors (Lipinski definition) is 5. The number of anilines is 1. The lowest BCUT2D eigenvalue weighted by Gasteiger charge is -2.06. The Hall–Kier alpha value is -2.91. The predicted molar refractivity (Wildman–Crippen MR) is 67.2 cm³/mol. The fraction of sp³-hybridized carbons (Fsp3) is 0.300. The van der Waals surface area contributed by atoms with Gasteiger partial charge in [-0.05, 0) is 0 Å². The number of aromatic carboxylic acids is 1. The predicted octanol–water partition coefficient (Wildman–Crippen LogP) is -0.468. The van der Waals surface area contributed by atoms with Crippen LogP contribution >= 0.6 is 0 Å². The van der Waals surface area contributed by atoms with Crippen LogP contribution in [0.15, 0.2) is 18.9 Å². The maximum absolute atomic E-state index is 11.5. The first-order chi connectivity index (χ1) is 9.56. The molecular formula is C10H13N7O3. The summed E-state index contributed by atoms with van der Waals surface area (Å²) in [5, 5.41) is 17.7. The van der Waals surface area contributed by atoms with Crippen LogP contribution in [-0.4, -0.2) is 48.0 Å². The molecule has 0 unspecified atom stereocenters. The number of urea groups is 1. The van der Waals surface area contributed by atoms with E-state index in [9.17, 15) is 9.59 Å². The highest BCUT2D eigenvalue weighted by Gasteiger charge is 2.07. The maximum atomic E-state index is 11.5. The van der Waals surface area contributed by atoms with Gasteiger partial charge in [-0.1, -0.05) is 0 Å². The molecule has 0 saturated carbocycles. The molecule has 10 heteroatoms. The Morgan fingerprint density at radius 3 is 2.80 bits per heavy atom. The summed E-state index contributed by atoms with van der Waals surface area (Å²) in [7, 11) is 1.65. The number of carbonyl (C=O) groups is 2. The van der Waals surface area contributed by atoms with Crippen molar-refractivity contribution in [3.63, 3.8) is 0 Å². The van der Waals surface area contributed by atoms with Gasteiger partial charge < -0.3 is 15.0 Å². The Balaban J connectivity index is 1.76. The number of carbonyl (C=O) groups excluding carboxylic acids is 1. The summed E-state index contributed by atoms with van der Waals surface area (Å²) in [6, 6.07) is -0.417. The quantitative estimate of drug-likeness (QED) is 0.679. The number of imidazole rings is 1. The molecule has 0 aliphatic carbocycles. The summed E-state index contributed by atoms with van der Waals surface area (Å²) in [6.07, 6.45) is 4.12. The van der Waals surface area contributed by atoms with Crippen molar-refractivity contribution in [3.8, 4) is 0 Å². The van der Waals surface area contributed by atoms with Crippen molar-refractivity contribution in [2.45, 2.75) is 6.54 Å². The molecule has 2 rings (SSSR count). The molecule has 0 fully saturated rings. The van der Waals surface area contributed by atoms with Gasteiger partial charge in [-0.2, -0.15) is 10.1 Å². The first-order valence-corrected chi connectivity index (χ1v) is 5.70. The zero-order valence-electron chi connectivity index (χ0n) is 10.6. The van der Waals surface area contributed by atoms with Gasteiger partial charge in [0, 0.05) is 26.3 Å². The van der Waals surface area contributed by atoms with Gasteiger partial charge in [-0.3, -0.25) is 5.32 Å². The van der Waals surface area contributed by atoms with E-state index in [2.05, 4.69) is 25.7 Å². The molecule has 0 aliphatic heterocycles. The van der Waals surface area contributed by atoms with Crippen molar-refractivity contribution >= 4 is 17.9 Å². The van der Waals surface area contributed by atoms with Crippen molar-refractivity contribution in [1.82, 2.24) is 29.6 Å². The van der Waals surface area contributed by atoms with Gasteiger partial charge in [0.25, 0.3) is 0 Å². The van der Waals surface area contributed by atoms with Crippen LogP contribution in [0.1, 0.15) is 10.5 Å². The van der Waals surface area contributed by atoms with Crippen molar-refractivity contribution < 1.29 is 14.7 Å². The highest BCUT2D eigenvalue weighted by atomic mass is 16.4.